The molecular formula is C24H20BrF5N2O6. The summed E-state index contributed by atoms with van der Waals surface area (Å²) in [6.45, 7) is 0.758. The van der Waals surface area contributed by atoms with Crippen LogP contribution < -0.4 is 10.1 Å². The minimum absolute atomic E-state index is 0.0110. The molecule has 0 fully saturated rings. The lowest BCUT2D eigenvalue weighted by atomic mass is 10.1. The summed E-state index contributed by atoms with van der Waals surface area (Å²) in [5.41, 5.74) is -1.41. The number of nitrogens with zero attached hydrogens (tertiary/aromatic N) is 1. The lowest BCUT2D eigenvalue weighted by Crippen LogP contribution is -2.23. The fourth-order valence-corrected chi connectivity index (χ4v) is 3.65. The van der Waals surface area contributed by atoms with Crippen molar-refractivity contribution in [3.8, 4) is 17.0 Å². The van der Waals surface area contributed by atoms with E-state index in [-0.39, 0.29) is 28.4 Å². The fourth-order valence-electron chi connectivity index (χ4n) is 3.17. The highest BCUT2D eigenvalue weighted by Gasteiger charge is 2.31. The van der Waals surface area contributed by atoms with E-state index in [1.807, 2.05) is 0 Å². The molecule has 1 heterocycles. The quantitative estimate of drug-likeness (QED) is 0.242. The molecule has 0 aliphatic carbocycles. The van der Waals surface area contributed by atoms with E-state index >= 15 is 0 Å². The second-order valence-corrected chi connectivity index (χ2v) is 8.21. The number of ether oxygens (including phenoxy) is 3. The van der Waals surface area contributed by atoms with Gasteiger partial charge in [0.1, 0.15) is 23.7 Å². The molecule has 0 bridgehead atoms. The number of esters is 1. The Labute approximate surface area is 221 Å². The zero-order chi connectivity index (χ0) is 28.0. The van der Waals surface area contributed by atoms with Gasteiger partial charge < -0.3 is 23.9 Å². The summed E-state index contributed by atoms with van der Waals surface area (Å²) >= 11 is 3.14. The van der Waals surface area contributed by atoms with Gasteiger partial charge >= 0.3 is 12.1 Å². The first-order chi connectivity index (χ1) is 18.0. The number of hydrogen-bond acceptors (Lipinski definition) is 7. The molecule has 0 spiro atoms. The van der Waals surface area contributed by atoms with E-state index < -0.39 is 65.9 Å². The number of hydrogen-bond donors (Lipinski definition) is 1. The van der Waals surface area contributed by atoms with Crippen LogP contribution in [0.25, 0.3) is 11.3 Å². The Bertz CT molecular complexity index is 1300. The van der Waals surface area contributed by atoms with Crippen molar-refractivity contribution in [1.29, 1.82) is 0 Å². The van der Waals surface area contributed by atoms with Gasteiger partial charge in [-0.05, 0) is 47.1 Å². The third kappa shape index (κ3) is 6.86. The van der Waals surface area contributed by atoms with Crippen molar-refractivity contribution in [2.24, 2.45) is 0 Å². The van der Waals surface area contributed by atoms with E-state index in [9.17, 15) is 31.5 Å². The number of amides is 1. The molecule has 1 amide bonds. The van der Waals surface area contributed by atoms with Crippen molar-refractivity contribution in [2.75, 3.05) is 26.9 Å². The number of carbonyl (C=O) groups is 2. The molecule has 204 valence electrons. The summed E-state index contributed by atoms with van der Waals surface area (Å²) in [5, 5.41) is 2.12. The Morgan fingerprint density at radius 1 is 1.13 bits per heavy atom. The van der Waals surface area contributed by atoms with E-state index in [0.29, 0.717) is 0 Å². The van der Waals surface area contributed by atoms with Gasteiger partial charge in [-0.2, -0.15) is 13.2 Å². The largest absolute Gasteiger partial charge is 0.475 e. The number of alkyl halides is 3. The molecule has 0 radical (unpaired) electrons. The summed E-state index contributed by atoms with van der Waals surface area (Å²) in [4.78, 5) is 27.8. The number of aromatic nitrogens is 1. The molecule has 8 nitrogen and oxygen atoms in total. The fraction of sp³-hybridized carbons (Fsp3) is 0.292. The maximum Gasteiger partial charge on any atom is 0.416 e. The average Bonchev–Trinajstić information content (AvgIpc) is 3.25. The number of rotatable bonds is 10. The molecular weight excluding hydrogens is 587 g/mol. The number of oxazole rings is 1. The average molecular weight is 607 g/mol. The van der Waals surface area contributed by atoms with Crippen LogP contribution in [-0.2, 0) is 20.4 Å². The molecule has 0 aliphatic heterocycles. The molecule has 0 saturated heterocycles. The van der Waals surface area contributed by atoms with Gasteiger partial charge in [-0.15, -0.1) is 0 Å². The molecule has 1 unspecified atom stereocenters. The Morgan fingerprint density at radius 2 is 1.82 bits per heavy atom. The Balaban J connectivity index is 1.94. The van der Waals surface area contributed by atoms with Gasteiger partial charge in [-0.25, -0.2) is 18.6 Å². The molecule has 14 heteroatoms. The second-order valence-electron chi connectivity index (χ2n) is 7.49. The van der Waals surface area contributed by atoms with Crippen LogP contribution >= 0.6 is 15.9 Å². The van der Waals surface area contributed by atoms with Crippen molar-refractivity contribution in [1.82, 2.24) is 10.3 Å². The van der Waals surface area contributed by atoms with Crippen LogP contribution in [-0.4, -0.2) is 43.7 Å². The molecule has 3 rings (SSSR count). The lowest BCUT2D eigenvalue weighted by molar-refractivity contribution is -0.149. The van der Waals surface area contributed by atoms with Crippen LogP contribution in [0, 0.1) is 11.6 Å². The van der Waals surface area contributed by atoms with Crippen LogP contribution in [0.15, 0.2) is 45.5 Å². The molecule has 0 aliphatic rings. The van der Waals surface area contributed by atoms with Crippen LogP contribution in [0.3, 0.4) is 0 Å². The van der Waals surface area contributed by atoms with Gasteiger partial charge in [0.15, 0.2) is 22.3 Å². The molecule has 1 N–H and O–H groups in total. The zero-order valence-electron chi connectivity index (χ0n) is 19.8. The van der Waals surface area contributed by atoms with E-state index in [0.717, 1.165) is 24.3 Å². The zero-order valence-corrected chi connectivity index (χ0v) is 21.4. The topological polar surface area (TPSA) is 99.9 Å². The van der Waals surface area contributed by atoms with Crippen LogP contribution in [0.1, 0.15) is 34.8 Å². The summed E-state index contributed by atoms with van der Waals surface area (Å²) in [6, 6.07) is 5.83. The van der Waals surface area contributed by atoms with E-state index in [4.69, 9.17) is 18.6 Å². The van der Waals surface area contributed by atoms with Gasteiger partial charge in [0, 0.05) is 12.6 Å². The van der Waals surface area contributed by atoms with Gasteiger partial charge in [0.2, 0.25) is 5.89 Å². The molecule has 1 atom stereocenters. The highest BCUT2D eigenvalue weighted by Crippen LogP contribution is 2.36. The second kappa shape index (κ2) is 12.3. The Hall–Kier alpha value is -3.52. The standard InChI is InChI=1S/C24H20BrF5N2O6/c1-3-36-17(33)11-35-10-16(37-15-9-8-14(26)18(19(15)27)22(34)31-2)23-32-20(21(25)38-23)12-4-6-13(7-5-12)24(28,29)30/h4-9,16H,3,10-11H2,1-2H3,(H,31,34). The van der Waals surface area contributed by atoms with Crippen molar-refractivity contribution in [3.63, 3.8) is 0 Å². The Kier molecular flexibility index (Phi) is 9.44. The Morgan fingerprint density at radius 3 is 2.42 bits per heavy atom. The molecule has 3 aromatic rings. The molecule has 38 heavy (non-hydrogen) atoms. The predicted octanol–water partition coefficient (Wildman–Crippen LogP) is 5.46. The first-order valence-corrected chi connectivity index (χ1v) is 11.7. The van der Waals surface area contributed by atoms with Crippen molar-refractivity contribution < 1.29 is 50.2 Å². The van der Waals surface area contributed by atoms with Gasteiger partial charge in [0.05, 0.1) is 18.8 Å². The summed E-state index contributed by atoms with van der Waals surface area (Å²) < 4.78 is 89.1. The normalized spacial score (nSPS) is 12.2. The first kappa shape index (κ1) is 29.0. The summed E-state index contributed by atoms with van der Waals surface area (Å²) in [5.74, 6) is -4.95. The lowest BCUT2D eigenvalue weighted by Gasteiger charge is -2.18. The van der Waals surface area contributed by atoms with Crippen LogP contribution in [0.2, 0.25) is 0 Å². The maximum absolute atomic E-state index is 15.0. The summed E-state index contributed by atoms with van der Waals surface area (Å²) in [6.07, 6.45) is -5.88. The molecule has 0 saturated carbocycles. The van der Waals surface area contributed by atoms with Gasteiger partial charge in [0.25, 0.3) is 5.91 Å². The number of benzene rings is 2. The molecule has 2 aromatic carbocycles. The monoisotopic (exact) mass is 606 g/mol. The van der Waals surface area contributed by atoms with Gasteiger partial charge in [-0.3, -0.25) is 4.79 Å². The summed E-state index contributed by atoms with van der Waals surface area (Å²) in [7, 11) is 1.19. The minimum Gasteiger partial charge on any atom is -0.475 e. The van der Waals surface area contributed by atoms with E-state index in [2.05, 4.69) is 26.2 Å². The number of nitrogens with one attached hydrogen (secondary N) is 1. The van der Waals surface area contributed by atoms with Gasteiger partial charge in [-0.1, -0.05) is 12.1 Å². The third-order valence-electron chi connectivity index (χ3n) is 4.94. The first-order valence-electron chi connectivity index (χ1n) is 10.9. The smallest absolute Gasteiger partial charge is 0.416 e. The van der Waals surface area contributed by atoms with Crippen LogP contribution in [0.4, 0.5) is 22.0 Å². The highest BCUT2D eigenvalue weighted by atomic mass is 79.9. The minimum atomic E-state index is -4.54. The van der Waals surface area contributed by atoms with E-state index in [1.54, 1.807) is 6.92 Å². The SMILES string of the molecule is CCOC(=O)COCC(Oc1ccc(F)c(C(=O)NC)c1F)c1nc(-c2ccc(C(F)(F)F)cc2)c(Br)o1. The van der Waals surface area contributed by atoms with Crippen molar-refractivity contribution in [2.45, 2.75) is 19.2 Å². The maximum atomic E-state index is 15.0. The van der Waals surface area contributed by atoms with Crippen LogP contribution in [0.5, 0.6) is 5.75 Å². The predicted molar refractivity (Wildman–Crippen MR) is 125 cm³/mol. The molecule has 1 aromatic heterocycles. The third-order valence-corrected chi connectivity index (χ3v) is 5.47. The van der Waals surface area contributed by atoms with Crippen molar-refractivity contribution in [3.05, 3.63) is 69.7 Å². The number of carbonyl (C=O) groups excluding carboxylic acids is 2. The number of halogens is 6. The highest BCUT2D eigenvalue weighted by molar-refractivity contribution is 9.10. The van der Waals surface area contributed by atoms with Crippen molar-refractivity contribution >= 4 is 27.8 Å². The van der Waals surface area contributed by atoms with E-state index in [1.165, 1.54) is 19.2 Å².